The summed E-state index contributed by atoms with van der Waals surface area (Å²) in [5.41, 5.74) is 3.52. The minimum absolute atomic E-state index is 0.0274. The summed E-state index contributed by atoms with van der Waals surface area (Å²) in [7, 11) is 0. The number of anilines is 2. The van der Waals surface area contributed by atoms with Crippen LogP contribution in [0.4, 0.5) is 11.4 Å². The summed E-state index contributed by atoms with van der Waals surface area (Å²) in [4.78, 5) is 26.2. The lowest BCUT2D eigenvalue weighted by Crippen LogP contribution is -2.37. The van der Waals surface area contributed by atoms with Crippen molar-refractivity contribution in [3.63, 3.8) is 0 Å². The third-order valence-electron chi connectivity index (χ3n) is 4.10. The van der Waals surface area contributed by atoms with Crippen LogP contribution in [-0.2, 0) is 16.0 Å². The van der Waals surface area contributed by atoms with E-state index in [0.717, 1.165) is 29.0 Å². The van der Waals surface area contributed by atoms with Crippen molar-refractivity contribution < 1.29 is 14.3 Å². The molecule has 0 aliphatic rings. The van der Waals surface area contributed by atoms with Crippen molar-refractivity contribution in [2.24, 2.45) is 0 Å². The molecule has 0 saturated carbocycles. The number of amides is 2. The van der Waals surface area contributed by atoms with Crippen LogP contribution in [-0.4, -0.2) is 25.0 Å². The molecule has 2 aromatic rings. The lowest BCUT2D eigenvalue weighted by Gasteiger charge is -2.25. The summed E-state index contributed by atoms with van der Waals surface area (Å²) in [6.45, 7) is 7.96. The van der Waals surface area contributed by atoms with Gasteiger partial charge in [-0.1, -0.05) is 25.1 Å². The molecule has 26 heavy (non-hydrogen) atoms. The highest BCUT2D eigenvalue weighted by Gasteiger charge is 2.20. The number of benzene rings is 2. The van der Waals surface area contributed by atoms with Crippen molar-refractivity contribution >= 4 is 23.2 Å². The van der Waals surface area contributed by atoms with Gasteiger partial charge < -0.3 is 15.0 Å². The van der Waals surface area contributed by atoms with Gasteiger partial charge in [0.15, 0.2) is 0 Å². The molecule has 0 saturated heterocycles. The van der Waals surface area contributed by atoms with Crippen LogP contribution in [0.2, 0.25) is 0 Å². The van der Waals surface area contributed by atoms with E-state index < -0.39 is 0 Å². The normalized spacial score (nSPS) is 10.3. The number of hydrogen-bond donors (Lipinski definition) is 1. The van der Waals surface area contributed by atoms with Gasteiger partial charge in [0.25, 0.3) is 0 Å². The van der Waals surface area contributed by atoms with Crippen LogP contribution in [0.1, 0.15) is 31.9 Å². The predicted octanol–water partition coefficient (Wildman–Crippen LogP) is 3.95. The molecule has 0 aliphatic heterocycles. The highest BCUT2D eigenvalue weighted by Crippen LogP contribution is 2.26. The Morgan fingerprint density at radius 2 is 1.77 bits per heavy atom. The first-order valence-electron chi connectivity index (χ1n) is 8.85. The predicted molar refractivity (Wildman–Crippen MR) is 105 cm³/mol. The number of rotatable bonds is 7. The average Bonchev–Trinajstić information content (AvgIpc) is 2.61. The topological polar surface area (TPSA) is 58.6 Å². The van der Waals surface area contributed by atoms with Gasteiger partial charge >= 0.3 is 0 Å². The van der Waals surface area contributed by atoms with E-state index >= 15 is 0 Å². The lowest BCUT2D eigenvalue weighted by molar-refractivity contribution is -0.120. The SMILES string of the molecule is CCOc1ccc(NC(=O)CN(C(C)=O)c2c(C)cccc2CC)cc1. The monoisotopic (exact) mass is 354 g/mol. The van der Waals surface area contributed by atoms with E-state index in [1.807, 2.05) is 39.0 Å². The number of ether oxygens (including phenoxy) is 1. The molecule has 0 atom stereocenters. The van der Waals surface area contributed by atoms with Crippen LogP contribution < -0.4 is 15.0 Å². The zero-order valence-corrected chi connectivity index (χ0v) is 15.8. The Hall–Kier alpha value is -2.82. The van der Waals surface area contributed by atoms with Crippen LogP contribution in [0, 0.1) is 6.92 Å². The van der Waals surface area contributed by atoms with Crippen molar-refractivity contribution in [3.05, 3.63) is 53.6 Å². The van der Waals surface area contributed by atoms with Gasteiger partial charge in [-0.15, -0.1) is 0 Å². The molecule has 2 aromatic carbocycles. The first-order valence-corrected chi connectivity index (χ1v) is 8.85. The largest absolute Gasteiger partial charge is 0.494 e. The fraction of sp³-hybridized carbons (Fsp3) is 0.333. The molecule has 2 rings (SSSR count). The molecule has 0 aromatic heterocycles. The van der Waals surface area contributed by atoms with Crippen LogP contribution in [0.15, 0.2) is 42.5 Å². The number of para-hydroxylation sites is 1. The molecule has 5 nitrogen and oxygen atoms in total. The second-order valence-corrected chi connectivity index (χ2v) is 6.05. The van der Waals surface area contributed by atoms with Gasteiger partial charge in [0, 0.05) is 12.6 Å². The maximum Gasteiger partial charge on any atom is 0.244 e. The standard InChI is InChI=1S/C21H26N2O3/c1-5-17-9-7-8-15(3)21(17)23(16(4)24)14-20(25)22-18-10-12-19(13-11-18)26-6-2/h7-13H,5-6,14H2,1-4H3,(H,22,25). The molecule has 0 spiro atoms. The van der Waals surface area contributed by atoms with Crippen LogP contribution in [0.3, 0.4) is 0 Å². The zero-order valence-electron chi connectivity index (χ0n) is 15.8. The Balaban J connectivity index is 2.15. The third kappa shape index (κ3) is 4.85. The second-order valence-electron chi connectivity index (χ2n) is 6.05. The maximum atomic E-state index is 12.5. The molecule has 1 N–H and O–H groups in total. The highest BCUT2D eigenvalue weighted by atomic mass is 16.5. The molecule has 0 heterocycles. The van der Waals surface area contributed by atoms with E-state index in [9.17, 15) is 9.59 Å². The molecule has 0 aliphatic carbocycles. The van der Waals surface area contributed by atoms with Crippen molar-refractivity contribution in [1.82, 2.24) is 0 Å². The highest BCUT2D eigenvalue weighted by molar-refractivity contribution is 6.02. The van der Waals surface area contributed by atoms with Gasteiger partial charge in [0.2, 0.25) is 11.8 Å². The summed E-state index contributed by atoms with van der Waals surface area (Å²) in [6.07, 6.45) is 0.793. The van der Waals surface area contributed by atoms with E-state index in [4.69, 9.17) is 4.74 Å². The van der Waals surface area contributed by atoms with Crippen LogP contribution in [0.25, 0.3) is 0 Å². The van der Waals surface area contributed by atoms with Gasteiger partial charge in [-0.05, 0) is 55.7 Å². The van der Waals surface area contributed by atoms with E-state index in [1.54, 1.807) is 24.3 Å². The van der Waals surface area contributed by atoms with Gasteiger partial charge in [0.1, 0.15) is 12.3 Å². The minimum Gasteiger partial charge on any atom is -0.494 e. The molecule has 0 fully saturated rings. The summed E-state index contributed by atoms with van der Waals surface area (Å²) in [5, 5.41) is 2.83. The summed E-state index contributed by atoms with van der Waals surface area (Å²) >= 11 is 0. The summed E-state index contributed by atoms with van der Waals surface area (Å²) < 4.78 is 5.39. The van der Waals surface area contributed by atoms with Crippen LogP contribution >= 0.6 is 0 Å². The smallest absolute Gasteiger partial charge is 0.244 e. The minimum atomic E-state index is -0.241. The first-order chi connectivity index (χ1) is 12.5. The molecular formula is C21H26N2O3. The van der Waals surface area contributed by atoms with Gasteiger partial charge in [-0.25, -0.2) is 0 Å². The quantitative estimate of drug-likeness (QED) is 0.819. The second kappa shape index (κ2) is 9.04. The lowest BCUT2D eigenvalue weighted by atomic mass is 10.0. The summed E-state index contributed by atoms with van der Waals surface area (Å²) in [6, 6.07) is 13.1. The average molecular weight is 354 g/mol. The number of carbonyl (C=O) groups is 2. The molecule has 0 bridgehead atoms. The number of nitrogens with zero attached hydrogens (tertiary/aromatic N) is 1. The Labute approximate surface area is 155 Å². The molecule has 2 amide bonds. The molecule has 5 heteroatoms. The zero-order chi connectivity index (χ0) is 19.1. The Bertz CT molecular complexity index is 769. The number of nitrogens with one attached hydrogen (secondary N) is 1. The van der Waals surface area contributed by atoms with E-state index in [-0.39, 0.29) is 18.4 Å². The fourth-order valence-corrected chi connectivity index (χ4v) is 2.88. The molecule has 0 radical (unpaired) electrons. The van der Waals surface area contributed by atoms with E-state index in [0.29, 0.717) is 12.3 Å². The number of aryl methyl sites for hydroxylation is 2. The van der Waals surface area contributed by atoms with Crippen molar-refractivity contribution in [1.29, 1.82) is 0 Å². The Morgan fingerprint density at radius 3 is 2.35 bits per heavy atom. The number of carbonyl (C=O) groups excluding carboxylic acids is 2. The maximum absolute atomic E-state index is 12.5. The van der Waals surface area contributed by atoms with Gasteiger partial charge in [-0.3, -0.25) is 9.59 Å². The van der Waals surface area contributed by atoms with E-state index in [1.165, 1.54) is 11.8 Å². The van der Waals surface area contributed by atoms with Crippen molar-refractivity contribution in [2.75, 3.05) is 23.4 Å². The van der Waals surface area contributed by atoms with Gasteiger partial charge in [-0.2, -0.15) is 0 Å². The third-order valence-corrected chi connectivity index (χ3v) is 4.10. The van der Waals surface area contributed by atoms with E-state index in [2.05, 4.69) is 5.32 Å². The Kier molecular flexibility index (Phi) is 6.78. The van der Waals surface area contributed by atoms with Crippen molar-refractivity contribution in [2.45, 2.75) is 34.1 Å². The molecule has 0 unspecified atom stereocenters. The Morgan fingerprint density at radius 1 is 1.08 bits per heavy atom. The van der Waals surface area contributed by atoms with Crippen LogP contribution in [0.5, 0.6) is 5.75 Å². The van der Waals surface area contributed by atoms with Gasteiger partial charge in [0.05, 0.1) is 12.3 Å². The fourth-order valence-electron chi connectivity index (χ4n) is 2.88. The summed E-state index contributed by atoms with van der Waals surface area (Å²) in [5.74, 6) is 0.355. The number of hydrogen-bond acceptors (Lipinski definition) is 3. The van der Waals surface area contributed by atoms with Crippen molar-refractivity contribution in [3.8, 4) is 5.75 Å². The first kappa shape index (κ1) is 19.5. The molecule has 138 valence electrons. The molecular weight excluding hydrogens is 328 g/mol.